The summed E-state index contributed by atoms with van der Waals surface area (Å²) in [5.41, 5.74) is -1.05. The van der Waals surface area contributed by atoms with Crippen LogP contribution >= 0.6 is 0 Å². The van der Waals surface area contributed by atoms with Gasteiger partial charge in [0.15, 0.2) is 5.60 Å². The van der Waals surface area contributed by atoms with Crippen LogP contribution in [-0.4, -0.2) is 33.3 Å². The van der Waals surface area contributed by atoms with Crippen molar-refractivity contribution in [2.75, 3.05) is 19.0 Å². The van der Waals surface area contributed by atoms with Gasteiger partial charge in [0.25, 0.3) is 0 Å². The molecule has 148 valence electrons. The minimum Gasteiger partial charge on any atom is -0.472 e. The summed E-state index contributed by atoms with van der Waals surface area (Å²) in [6, 6.07) is 10.1. The molecule has 3 N–H and O–H groups in total. The number of methoxy groups -OCH3 is 1. The largest absolute Gasteiger partial charge is 0.472 e. The van der Waals surface area contributed by atoms with Gasteiger partial charge >= 0.3 is 6.09 Å². The second-order valence-electron chi connectivity index (χ2n) is 5.82. The SMILES string of the molecule is COC(=O)Nc1ccc(S(=O)(=O)NC[C@](O)(c2ccoc2)c2ccco2)cc1. The Labute approximate surface area is 161 Å². The summed E-state index contributed by atoms with van der Waals surface area (Å²) in [7, 11) is -2.73. The highest BCUT2D eigenvalue weighted by atomic mass is 32.2. The average Bonchev–Trinajstić information content (AvgIpc) is 3.41. The maximum absolute atomic E-state index is 12.6. The third kappa shape index (κ3) is 4.09. The molecule has 0 radical (unpaired) electrons. The van der Waals surface area contributed by atoms with Crippen LogP contribution in [0.25, 0.3) is 0 Å². The minimum atomic E-state index is -3.95. The fourth-order valence-corrected chi connectivity index (χ4v) is 3.57. The van der Waals surface area contributed by atoms with Gasteiger partial charge in [-0.1, -0.05) is 0 Å². The zero-order chi connectivity index (χ0) is 20.2. The topological polar surface area (TPSA) is 131 Å². The highest BCUT2D eigenvalue weighted by Gasteiger charge is 2.37. The molecule has 0 saturated carbocycles. The van der Waals surface area contributed by atoms with Gasteiger partial charge < -0.3 is 18.7 Å². The van der Waals surface area contributed by atoms with Crippen LogP contribution in [0.1, 0.15) is 11.3 Å². The van der Waals surface area contributed by atoms with Crippen LogP contribution in [-0.2, 0) is 20.4 Å². The number of carbonyl (C=O) groups excluding carboxylic acids is 1. The molecule has 9 nitrogen and oxygen atoms in total. The maximum Gasteiger partial charge on any atom is 0.411 e. The van der Waals surface area contributed by atoms with Crippen molar-refractivity contribution in [3.63, 3.8) is 0 Å². The average molecular weight is 406 g/mol. The predicted molar refractivity (Wildman–Crippen MR) is 98.1 cm³/mol. The molecule has 0 aliphatic heterocycles. The summed E-state index contributed by atoms with van der Waals surface area (Å²) in [5, 5.41) is 13.5. The highest BCUT2D eigenvalue weighted by Crippen LogP contribution is 2.30. The zero-order valence-corrected chi connectivity index (χ0v) is 15.6. The molecule has 0 bridgehead atoms. The van der Waals surface area contributed by atoms with Crippen LogP contribution in [0.2, 0.25) is 0 Å². The van der Waals surface area contributed by atoms with Crippen molar-refractivity contribution in [2.45, 2.75) is 10.5 Å². The number of hydrogen-bond acceptors (Lipinski definition) is 7. The lowest BCUT2D eigenvalue weighted by Gasteiger charge is -2.25. The van der Waals surface area contributed by atoms with Gasteiger partial charge in [0.1, 0.15) is 5.76 Å². The Morgan fingerprint density at radius 1 is 1.18 bits per heavy atom. The van der Waals surface area contributed by atoms with E-state index in [1.807, 2.05) is 0 Å². The summed E-state index contributed by atoms with van der Waals surface area (Å²) in [4.78, 5) is 11.1. The number of furan rings is 2. The molecule has 1 aromatic carbocycles. The molecule has 2 heterocycles. The first kappa shape index (κ1) is 19.7. The van der Waals surface area contributed by atoms with Crippen LogP contribution in [0, 0.1) is 0 Å². The van der Waals surface area contributed by atoms with Crippen molar-refractivity contribution < 1.29 is 31.9 Å². The molecule has 28 heavy (non-hydrogen) atoms. The lowest BCUT2D eigenvalue weighted by molar-refractivity contribution is 0.0613. The van der Waals surface area contributed by atoms with Crippen LogP contribution in [0.15, 0.2) is 75.0 Å². The number of aliphatic hydroxyl groups is 1. The molecule has 3 rings (SSSR count). The fraction of sp³-hybridized carbons (Fsp3) is 0.167. The highest BCUT2D eigenvalue weighted by molar-refractivity contribution is 7.89. The lowest BCUT2D eigenvalue weighted by Crippen LogP contribution is -2.41. The summed E-state index contributed by atoms with van der Waals surface area (Å²) in [6.45, 7) is -0.384. The number of nitrogens with one attached hydrogen (secondary N) is 2. The third-order valence-electron chi connectivity index (χ3n) is 4.04. The maximum atomic E-state index is 12.6. The Bertz CT molecular complexity index is 976. The van der Waals surface area contributed by atoms with Crippen molar-refractivity contribution in [2.24, 2.45) is 0 Å². The number of ether oxygens (including phenoxy) is 1. The van der Waals surface area contributed by atoms with Gasteiger partial charge in [0.05, 0.1) is 37.3 Å². The number of benzene rings is 1. The van der Waals surface area contributed by atoms with Gasteiger partial charge in [-0.25, -0.2) is 17.9 Å². The number of amides is 1. The predicted octanol–water partition coefficient (Wildman–Crippen LogP) is 2.27. The van der Waals surface area contributed by atoms with Gasteiger partial charge in [-0.05, 0) is 42.5 Å². The molecule has 2 aromatic heterocycles. The summed E-state index contributed by atoms with van der Waals surface area (Å²) >= 11 is 0. The lowest BCUT2D eigenvalue weighted by atomic mass is 9.94. The minimum absolute atomic E-state index is 0.0445. The van der Waals surface area contributed by atoms with E-state index in [1.54, 1.807) is 6.07 Å². The van der Waals surface area contributed by atoms with Gasteiger partial charge in [-0.15, -0.1) is 0 Å². The standard InChI is InChI=1S/C18H18N2O7S/c1-25-17(21)20-14-4-6-15(7-5-14)28(23,24)19-12-18(22,13-8-10-26-11-13)16-3-2-9-27-16/h2-11,19,22H,12H2,1H3,(H,20,21)/t18-/m0/s1. The Morgan fingerprint density at radius 3 is 2.50 bits per heavy atom. The second kappa shape index (κ2) is 7.89. The Hall–Kier alpha value is -3.08. The monoisotopic (exact) mass is 406 g/mol. The molecule has 0 spiro atoms. The van der Waals surface area contributed by atoms with E-state index in [0.29, 0.717) is 11.3 Å². The Balaban J connectivity index is 1.79. The number of sulfonamides is 1. The Morgan fingerprint density at radius 2 is 1.93 bits per heavy atom. The van der Waals surface area contributed by atoms with Gasteiger partial charge in [0.2, 0.25) is 10.0 Å². The van der Waals surface area contributed by atoms with Crippen LogP contribution in [0.5, 0.6) is 0 Å². The molecular weight excluding hydrogens is 388 g/mol. The number of rotatable bonds is 7. The van der Waals surface area contributed by atoms with Crippen molar-refractivity contribution in [3.05, 3.63) is 72.6 Å². The van der Waals surface area contributed by atoms with E-state index in [-0.39, 0.29) is 17.2 Å². The summed E-state index contributed by atoms with van der Waals surface area (Å²) < 4.78 is 42.4. The summed E-state index contributed by atoms with van der Waals surface area (Å²) in [5.74, 6) is 0.161. The molecule has 3 aromatic rings. The number of hydrogen-bond donors (Lipinski definition) is 3. The van der Waals surface area contributed by atoms with Gasteiger partial charge in [-0.3, -0.25) is 5.32 Å². The molecule has 0 aliphatic carbocycles. The van der Waals surface area contributed by atoms with Crippen molar-refractivity contribution >= 4 is 21.8 Å². The van der Waals surface area contributed by atoms with Gasteiger partial charge in [-0.2, -0.15) is 0 Å². The van der Waals surface area contributed by atoms with Crippen molar-refractivity contribution in [1.82, 2.24) is 4.72 Å². The molecule has 0 unspecified atom stereocenters. The first-order valence-electron chi connectivity index (χ1n) is 8.09. The molecule has 1 atom stereocenters. The van der Waals surface area contributed by atoms with Crippen LogP contribution in [0.4, 0.5) is 10.5 Å². The summed E-state index contributed by atoms with van der Waals surface area (Å²) in [6.07, 6.45) is 3.38. The van der Waals surface area contributed by atoms with Crippen LogP contribution < -0.4 is 10.0 Å². The van der Waals surface area contributed by atoms with Crippen molar-refractivity contribution in [1.29, 1.82) is 0 Å². The van der Waals surface area contributed by atoms with E-state index in [2.05, 4.69) is 14.8 Å². The third-order valence-corrected chi connectivity index (χ3v) is 5.46. The smallest absolute Gasteiger partial charge is 0.411 e. The Kier molecular flexibility index (Phi) is 5.54. The fourth-order valence-electron chi connectivity index (χ4n) is 2.51. The molecule has 1 amide bonds. The quantitative estimate of drug-likeness (QED) is 0.548. The van der Waals surface area contributed by atoms with E-state index >= 15 is 0 Å². The van der Waals surface area contributed by atoms with E-state index in [4.69, 9.17) is 8.83 Å². The van der Waals surface area contributed by atoms with Crippen LogP contribution in [0.3, 0.4) is 0 Å². The molecule has 0 fully saturated rings. The molecular formula is C18H18N2O7S. The molecule has 0 saturated heterocycles. The number of anilines is 1. The first-order valence-corrected chi connectivity index (χ1v) is 9.57. The molecule has 0 aliphatic rings. The normalized spacial score (nSPS) is 13.6. The zero-order valence-electron chi connectivity index (χ0n) is 14.8. The first-order chi connectivity index (χ1) is 13.3. The van der Waals surface area contributed by atoms with E-state index in [0.717, 1.165) is 0 Å². The second-order valence-corrected chi connectivity index (χ2v) is 7.58. The van der Waals surface area contributed by atoms with Crippen molar-refractivity contribution in [3.8, 4) is 0 Å². The molecule has 10 heteroatoms. The van der Waals surface area contributed by atoms with E-state index in [1.165, 1.54) is 62.3 Å². The van der Waals surface area contributed by atoms with E-state index < -0.39 is 21.7 Å². The van der Waals surface area contributed by atoms with Gasteiger partial charge in [0, 0.05) is 11.3 Å². The number of carbonyl (C=O) groups is 1. The van der Waals surface area contributed by atoms with E-state index in [9.17, 15) is 18.3 Å².